The Morgan fingerprint density at radius 3 is 2.49 bits per heavy atom. The Morgan fingerprint density at radius 2 is 1.83 bits per heavy atom. The number of nitrogens with one attached hydrogen (secondary N) is 3. The molecule has 0 aromatic heterocycles. The highest BCUT2D eigenvalue weighted by atomic mass is 19.1. The lowest BCUT2D eigenvalue weighted by molar-refractivity contribution is -0.138. The van der Waals surface area contributed by atoms with Crippen LogP contribution in [0, 0.1) is 11.7 Å². The van der Waals surface area contributed by atoms with E-state index >= 15 is 0 Å². The molecule has 3 amide bonds. The number of halogens is 1. The molecule has 3 rings (SSSR count). The van der Waals surface area contributed by atoms with Crippen LogP contribution in [-0.2, 0) is 27.2 Å². The van der Waals surface area contributed by atoms with Crippen molar-refractivity contribution in [2.75, 3.05) is 0 Å². The van der Waals surface area contributed by atoms with Gasteiger partial charge in [-0.05, 0) is 56.0 Å². The van der Waals surface area contributed by atoms with Crippen LogP contribution in [0.1, 0.15) is 43.5 Å². The number of rotatable bonds is 7. The molecule has 0 heterocycles. The van der Waals surface area contributed by atoms with Gasteiger partial charge in [0.15, 0.2) is 0 Å². The monoisotopic (exact) mass is 487 g/mol. The minimum absolute atomic E-state index is 0.151. The molecule has 10 heteroatoms. The van der Waals surface area contributed by atoms with Gasteiger partial charge in [0.2, 0.25) is 5.91 Å². The second kappa shape index (κ2) is 10.8. The van der Waals surface area contributed by atoms with Gasteiger partial charge in [-0.3, -0.25) is 14.8 Å². The Morgan fingerprint density at radius 1 is 1.11 bits per heavy atom. The van der Waals surface area contributed by atoms with Crippen LogP contribution in [0.3, 0.4) is 0 Å². The molecule has 0 saturated carbocycles. The minimum Gasteiger partial charge on any atom is -0.444 e. The quantitative estimate of drug-likeness (QED) is 0.300. The maximum absolute atomic E-state index is 13.8. The van der Waals surface area contributed by atoms with Crippen LogP contribution in [0.2, 0.25) is 0 Å². The summed E-state index contributed by atoms with van der Waals surface area (Å²) in [7, 11) is 0. The molecule has 35 heavy (non-hydrogen) atoms. The molecule has 1 aliphatic rings. The van der Waals surface area contributed by atoms with E-state index < -0.39 is 53.4 Å². The molecule has 0 spiro atoms. The number of aliphatic hydroxyl groups excluding tert-OH is 1. The van der Waals surface area contributed by atoms with E-state index in [2.05, 4.69) is 10.6 Å². The van der Waals surface area contributed by atoms with E-state index in [1.165, 1.54) is 23.7 Å². The standard InChI is InChI=1S/C25H30FN3O6/c1-25(2,3)35-24(33)28-21(23(32)29-34)18(12-14-7-6-9-16(26)11-14)22(31)27-20-17-10-5-4-8-15(17)13-19(20)30/h4-11,18-21,30,34H,12-13H2,1-3H3,(H,27,31)(H,28,33)(H,29,32)/t18-,19-,20+,21+/m1/s1. The first-order chi connectivity index (χ1) is 16.5. The fourth-order valence-corrected chi connectivity index (χ4v) is 4.14. The topological polar surface area (TPSA) is 137 Å². The summed E-state index contributed by atoms with van der Waals surface area (Å²) in [6.45, 7) is 4.89. The Balaban J connectivity index is 1.92. The number of aliphatic hydroxyl groups is 1. The van der Waals surface area contributed by atoms with Crippen LogP contribution < -0.4 is 16.1 Å². The minimum atomic E-state index is -1.56. The fraction of sp³-hybridized carbons (Fsp3) is 0.400. The number of carbonyl (C=O) groups excluding carboxylic acids is 3. The zero-order valence-electron chi connectivity index (χ0n) is 19.7. The summed E-state index contributed by atoms with van der Waals surface area (Å²) >= 11 is 0. The van der Waals surface area contributed by atoms with Crippen molar-refractivity contribution in [3.63, 3.8) is 0 Å². The van der Waals surface area contributed by atoms with Gasteiger partial charge in [0.05, 0.1) is 18.1 Å². The third-order valence-electron chi connectivity index (χ3n) is 5.65. The lowest BCUT2D eigenvalue weighted by atomic mass is 9.90. The first-order valence-corrected chi connectivity index (χ1v) is 11.2. The zero-order chi connectivity index (χ0) is 25.8. The number of benzene rings is 2. The van der Waals surface area contributed by atoms with E-state index in [4.69, 9.17) is 4.74 Å². The van der Waals surface area contributed by atoms with Crippen molar-refractivity contribution in [1.82, 2.24) is 16.1 Å². The summed E-state index contributed by atoms with van der Waals surface area (Å²) in [5.74, 6) is -3.55. The van der Waals surface area contributed by atoms with Gasteiger partial charge in [0, 0.05) is 6.42 Å². The number of ether oxygens (including phenoxy) is 1. The molecule has 0 saturated heterocycles. The lowest BCUT2D eigenvalue weighted by Crippen LogP contribution is -2.56. The van der Waals surface area contributed by atoms with Crippen LogP contribution in [0.4, 0.5) is 9.18 Å². The van der Waals surface area contributed by atoms with Gasteiger partial charge in [-0.15, -0.1) is 0 Å². The van der Waals surface area contributed by atoms with Crippen molar-refractivity contribution >= 4 is 17.9 Å². The SMILES string of the molecule is CC(C)(C)OC(=O)N[C@H](C(=O)NO)[C@@H](Cc1cccc(F)c1)C(=O)N[C@H]1c2ccccc2C[C@H]1O. The summed E-state index contributed by atoms with van der Waals surface area (Å²) < 4.78 is 19.1. The number of carbonyl (C=O) groups is 3. The highest BCUT2D eigenvalue weighted by Crippen LogP contribution is 2.32. The van der Waals surface area contributed by atoms with Crippen LogP contribution in [-0.4, -0.2) is 46.0 Å². The molecule has 188 valence electrons. The number of hydroxylamine groups is 1. The maximum atomic E-state index is 13.8. The number of alkyl carbamates (subject to hydrolysis) is 1. The van der Waals surface area contributed by atoms with E-state index in [0.29, 0.717) is 12.0 Å². The van der Waals surface area contributed by atoms with Crippen molar-refractivity contribution in [1.29, 1.82) is 0 Å². The molecule has 4 atom stereocenters. The van der Waals surface area contributed by atoms with E-state index in [-0.39, 0.29) is 6.42 Å². The summed E-state index contributed by atoms with van der Waals surface area (Å²) in [6, 6.07) is 10.4. The molecule has 0 radical (unpaired) electrons. The van der Waals surface area contributed by atoms with Gasteiger partial charge >= 0.3 is 6.09 Å². The molecule has 1 aliphatic carbocycles. The molecule has 0 bridgehead atoms. The molecule has 0 fully saturated rings. The van der Waals surface area contributed by atoms with E-state index in [9.17, 15) is 29.1 Å². The van der Waals surface area contributed by atoms with Crippen LogP contribution in [0.5, 0.6) is 0 Å². The van der Waals surface area contributed by atoms with Gasteiger partial charge in [-0.2, -0.15) is 0 Å². The maximum Gasteiger partial charge on any atom is 0.408 e. The van der Waals surface area contributed by atoms with E-state index in [0.717, 1.165) is 11.1 Å². The highest BCUT2D eigenvalue weighted by molar-refractivity contribution is 5.92. The summed E-state index contributed by atoms with van der Waals surface area (Å²) in [5.41, 5.74) is 2.59. The summed E-state index contributed by atoms with van der Waals surface area (Å²) in [5, 5.41) is 25.0. The second-order valence-corrected chi connectivity index (χ2v) is 9.50. The van der Waals surface area contributed by atoms with Gasteiger partial charge in [0.1, 0.15) is 17.5 Å². The Bertz CT molecular complexity index is 1090. The average Bonchev–Trinajstić information content (AvgIpc) is 3.09. The van der Waals surface area contributed by atoms with Crippen LogP contribution in [0.25, 0.3) is 0 Å². The molecule has 9 nitrogen and oxygen atoms in total. The number of amides is 3. The number of fused-ring (bicyclic) bond motifs is 1. The summed E-state index contributed by atoms with van der Waals surface area (Å²) in [6.07, 6.45) is -1.68. The highest BCUT2D eigenvalue weighted by Gasteiger charge is 2.39. The predicted octanol–water partition coefficient (Wildman–Crippen LogP) is 2.16. The summed E-state index contributed by atoms with van der Waals surface area (Å²) in [4.78, 5) is 38.5. The number of hydrogen-bond donors (Lipinski definition) is 5. The largest absolute Gasteiger partial charge is 0.444 e. The molecule has 0 unspecified atom stereocenters. The molecule has 2 aromatic carbocycles. The fourth-order valence-electron chi connectivity index (χ4n) is 4.14. The van der Waals surface area contributed by atoms with Crippen molar-refractivity contribution in [2.24, 2.45) is 5.92 Å². The van der Waals surface area contributed by atoms with Gasteiger partial charge in [0.25, 0.3) is 5.91 Å². The average molecular weight is 488 g/mol. The first-order valence-electron chi connectivity index (χ1n) is 11.2. The predicted molar refractivity (Wildman–Crippen MR) is 124 cm³/mol. The second-order valence-electron chi connectivity index (χ2n) is 9.50. The van der Waals surface area contributed by atoms with Crippen LogP contribution in [0.15, 0.2) is 48.5 Å². The van der Waals surface area contributed by atoms with Gasteiger partial charge < -0.3 is 20.5 Å². The van der Waals surface area contributed by atoms with Crippen molar-refractivity contribution in [3.05, 3.63) is 71.0 Å². The van der Waals surface area contributed by atoms with Gasteiger partial charge in [-0.1, -0.05) is 36.4 Å². The molecule has 0 aliphatic heterocycles. The third kappa shape index (κ3) is 6.77. The lowest BCUT2D eigenvalue weighted by Gasteiger charge is -2.29. The molecule has 2 aromatic rings. The van der Waals surface area contributed by atoms with Crippen LogP contribution >= 0.6 is 0 Å². The Hall–Kier alpha value is -3.50. The Labute approximate surface area is 202 Å². The van der Waals surface area contributed by atoms with Crippen molar-refractivity contribution in [2.45, 2.75) is 57.4 Å². The Kier molecular flexibility index (Phi) is 8.08. The first kappa shape index (κ1) is 26.1. The molecular weight excluding hydrogens is 457 g/mol. The molecular formula is C25H30FN3O6. The zero-order valence-corrected chi connectivity index (χ0v) is 19.7. The van der Waals surface area contributed by atoms with Crippen molar-refractivity contribution in [3.8, 4) is 0 Å². The normalized spacial score (nSPS) is 18.7. The van der Waals surface area contributed by atoms with E-state index in [1.54, 1.807) is 39.0 Å². The smallest absolute Gasteiger partial charge is 0.408 e. The molecule has 5 N–H and O–H groups in total. The number of hydrogen-bond acceptors (Lipinski definition) is 6. The van der Waals surface area contributed by atoms with Crippen molar-refractivity contribution < 1.29 is 33.8 Å². The third-order valence-corrected chi connectivity index (χ3v) is 5.65. The van der Waals surface area contributed by atoms with Gasteiger partial charge in [-0.25, -0.2) is 14.7 Å². The van der Waals surface area contributed by atoms with E-state index in [1.807, 2.05) is 12.1 Å².